The van der Waals surface area contributed by atoms with Crippen LogP contribution in [0.2, 0.25) is 0 Å². The van der Waals surface area contributed by atoms with E-state index in [0.717, 1.165) is 28.1 Å². The lowest BCUT2D eigenvalue weighted by Gasteiger charge is -2.20. The number of amides is 1. The smallest absolute Gasteiger partial charge is 0.254 e. The molecule has 1 fully saturated rings. The van der Waals surface area contributed by atoms with E-state index < -0.39 is 0 Å². The molecule has 1 unspecified atom stereocenters. The first-order valence-electron chi connectivity index (χ1n) is 5.51. The molecule has 17 heavy (non-hydrogen) atoms. The number of carbonyl (C=O) groups excluding carboxylic acids is 1. The summed E-state index contributed by atoms with van der Waals surface area (Å²) in [6.07, 6.45) is 0. The molecule has 88 valence electrons. The maximum absolute atomic E-state index is 12.3. The number of hydrogen-bond acceptors (Lipinski definition) is 4. The maximum Gasteiger partial charge on any atom is 0.254 e. The number of hydrogen-bond donors (Lipinski definition) is 0. The molecule has 2 aromatic rings. The third-order valence-corrected chi connectivity index (χ3v) is 4.92. The first-order valence-corrected chi connectivity index (χ1v) is 7.44. The van der Waals surface area contributed by atoms with E-state index in [4.69, 9.17) is 0 Å². The van der Waals surface area contributed by atoms with Crippen molar-refractivity contribution in [3.8, 4) is 0 Å². The lowest BCUT2D eigenvalue weighted by atomic mass is 10.2. The summed E-state index contributed by atoms with van der Waals surface area (Å²) in [4.78, 5) is 18.5. The van der Waals surface area contributed by atoms with E-state index >= 15 is 0 Å². The highest BCUT2D eigenvalue weighted by Crippen LogP contribution is 2.26. The van der Waals surface area contributed by atoms with Crippen molar-refractivity contribution in [2.45, 2.75) is 12.3 Å². The molecule has 1 aromatic heterocycles. The second kappa shape index (κ2) is 4.31. The molecule has 1 atom stereocenters. The highest BCUT2D eigenvalue weighted by Gasteiger charge is 2.26. The number of thiazole rings is 1. The average Bonchev–Trinajstić information content (AvgIpc) is 2.95. The Hall–Kier alpha value is -1.07. The molecular weight excluding hydrogens is 252 g/mol. The van der Waals surface area contributed by atoms with Gasteiger partial charge in [0.05, 0.1) is 21.1 Å². The quantitative estimate of drug-likeness (QED) is 0.794. The molecule has 0 radical (unpaired) electrons. The van der Waals surface area contributed by atoms with Gasteiger partial charge < -0.3 is 4.90 Å². The largest absolute Gasteiger partial charge is 0.326 e. The van der Waals surface area contributed by atoms with Crippen LogP contribution in [0, 0.1) is 0 Å². The molecule has 0 bridgehead atoms. The van der Waals surface area contributed by atoms with E-state index in [1.165, 1.54) is 0 Å². The molecule has 1 amide bonds. The van der Waals surface area contributed by atoms with Crippen LogP contribution in [0.4, 0.5) is 0 Å². The van der Waals surface area contributed by atoms with Gasteiger partial charge in [0.2, 0.25) is 0 Å². The Morgan fingerprint density at radius 3 is 3.18 bits per heavy atom. The Labute approximate surface area is 108 Å². The van der Waals surface area contributed by atoms with Crippen molar-refractivity contribution in [2.75, 3.05) is 12.3 Å². The third-order valence-electron chi connectivity index (χ3n) is 2.97. The number of nitrogens with zero attached hydrogens (tertiary/aromatic N) is 2. The first kappa shape index (κ1) is 11.0. The van der Waals surface area contributed by atoms with Gasteiger partial charge in [-0.1, -0.05) is 0 Å². The molecule has 1 aromatic carbocycles. The van der Waals surface area contributed by atoms with Gasteiger partial charge >= 0.3 is 0 Å². The molecule has 0 saturated carbocycles. The maximum atomic E-state index is 12.3. The summed E-state index contributed by atoms with van der Waals surface area (Å²) in [5, 5.41) is 0.291. The fourth-order valence-corrected chi connectivity index (χ4v) is 3.75. The van der Waals surface area contributed by atoms with Crippen molar-refractivity contribution in [2.24, 2.45) is 0 Å². The molecule has 0 spiro atoms. The summed E-state index contributed by atoms with van der Waals surface area (Å²) in [5.41, 5.74) is 3.55. The van der Waals surface area contributed by atoms with Gasteiger partial charge in [0.25, 0.3) is 5.91 Å². The topological polar surface area (TPSA) is 33.2 Å². The van der Waals surface area contributed by atoms with Crippen molar-refractivity contribution < 1.29 is 4.79 Å². The Morgan fingerprint density at radius 2 is 2.41 bits per heavy atom. The van der Waals surface area contributed by atoms with E-state index in [0.29, 0.717) is 5.37 Å². The Morgan fingerprint density at radius 1 is 1.53 bits per heavy atom. The summed E-state index contributed by atoms with van der Waals surface area (Å²) in [5.74, 6) is 1.17. The molecule has 1 aliphatic heterocycles. The normalized spacial score (nSPS) is 20.1. The van der Waals surface area contributed by atoms with Crippen LogP contribution in [-0.4, -0.2) is 33.5 Å². The van der Waals surface area contributed by atoms with E-state index in [9.17, 15) is 4.79 Å². The second-order valence-electron chi connectivity index (χ2n) is 4.00. The van der Waals surface area contributed by atoms with Crippen molar-refractivity contribution in [1.29, 1.82) is 0 Å². The molecule has 1 saturated heterocycles. The SMILES string of the molecule is CC1SCCN1C(=O)c1ccc2ncsc2c1. The van der Waals surface area contributed by atoms with Crippen molar-refractivity contribution in [3.05, 3.63) is 29.3 Å². The Balaban J connectivity index is 1.94. The zero-order valence-corrected chi connectivity index (χ0v) is 11.1. The minimum absolute atomic E-state index is 0.137. The van der Waals surface area contributed by atoms with Crippen molar-refractivity contribution in [1.82, 2.24) is 9.88 Å². The summed E-state index contributed by atoms with van der Waals surface area (Å²) in [6, 6.07) is 5.75. The van der Waals surface area contributed by atoms with Crippen LogP contribution in [0.1, 0.15) is 17.3 Å². The lowest BCUT2D eigenvalue weighted by molar-refractivity contribution is 0.0769. The zero-order valence-electron chi connectivity index (χ0n) is 9.42. The van der Waals surface area contributed by atoms with E-state index in [1.807, 2.05) is 40.4 Å². The molecule has 0 N–H and O–H groups in total. The highest BCUT2D eigenvalue weighted by atomic mass is 32.2. The van der Waals surface area contributed by atoms with Gasteiger partial charge in [-0.3, -0.25) is 4.79 Å². The molecule has 1 aliphatic rings. The van der Waals surface area contributed by atoms with Crippen molar-refractivity contribution in [3.63, 3.8) is 0 Å². The first-order chi connectivity index (χ1) is 8.25. The molecule has 2 heterocycles. The average molecular weight is 264 g/mol. The summed E-state index contributed by atoms with van der Waals surface area (Å²) in [6.45, 7) is 2.94. The van der Waals surface area contributed by atoms with Crippen LogP contribution in [0.3, 0.4) is 0 Å². The molecule has 5 heteroatoms. The minimum Gasteiger partial charge on any atom is -0.326 e. The fraction of sp³-hybridized carbons (Fsp3) is 0.333. The van der Waals surface area contributed by atoms with Gasteiger partial charge in [-0.25, -0.2) is 4.98 Å². The van der Waals surface area contributed by atoms with E-state index in [2.05, 4.69) is 11.9 Å². The van der Waals surface area contributed by atoms with Crippen LogP contribution in [0.25, 0.3) is 10.2 Å². The number of fused-ring (bicyclic) bond motifs is 1. The molecule has 3 nitrogen and oxygen atoms in total. The third kappa shape index (κ3) is 1.93. The van der Waals surface area contributed by atoms with Gasteiger partial charge in [-0.2, -0.15) is 0 Å². The number of aromatic nitrogens is 1. The van der Waals surface area contributed by atoms with Gasteiger partial charge in [0.1, 0.15) is 0 Å². The standard InChI is InChI=1S/C12H12N2OS2/c1-8-14(4-5-16-8)12(15)9-2-3-10-11(6-9)17-7-13-10/h2-3,6-8H,4-5H2,1H3. The predicted octanol–water partition coefficient (Wildman–Crippen LogP) is 2.83. The van der Waals surface area contributed by atoms with Crippen LogP contribution < -0.4 is 0 Å². The van der Waals surface area contributed by atoms with Gasteiger partial charge in [0.15, 0.2) is 0 Å². The summed E-state index contributed by atoms with van der Waals surface area (Å²) >= 11 is 3.40. The van der Waals surface area contributed by atoms with E-state index in [1.54, 1.807) is 11.3 Å². The van der Waals surface area contributed by atoms with Gasteiger partial charge in [-0.15, -0.1) is 23.1 Å². The van der Waals surface area contributed by atoms with Crippen LogP contribution >= 0.6 is 23.1 Å². The Kier molecular flexibility index (Phi) is 2.80. The van der Waals surface area contributed by atoms with Crippen LogP contribution in [0.15, 0.2) is 23.7 Å². The van der Waals surface area contributed by atoms with Gasteiger partial charge in [0, 0.05) is 17.9 Å². The minimum atomic E-state index is 0.137. The highest BCUT2D eigenvalue weighted by molar-refractivity contribution is 8.00. The molecule has 0 aliphatic carbocycles. The van der Waals surface area contributed by atoms with Gasteiger partial charge in [-0.05, 0) is 25.1 Å². The lowest BCUT2D eigenvalue weighted by Crippen LogP contribution is -2.33. The second-order valence-corrected chi connectivity index (χ2v) is 6.31. The Bertz CT molecular complexity index is 566. The monoisotopic (exact) mass is 264 g/mol. The van der Waals surface area contributed by atoms with Crippen LogP contribution in [0.5, 0.6) is 0 Å². The predicted molar refractivity (Wildman–Crippen MR) is 72.6 cm³/mol. The number of carbonyl (C=O) groups is 1. The zero-order chi connectivity index (χ0) is 11.8. The summed E-state index contributed by atoms with van der Waals surface area (Å²) < 4.78 is 1.08. The number of thioether (sulfide) groups is 1. The molecular formula is C12H12N2OS2. The van der Waals surface area contributed by atoms with Crippen LogP contribution in [-0.2, 0) is 0 Å². The summed E-state index contributed by atoms with van der Waals surface area (Å²) in [7, 11) is 0. The fourth-order valence-electron chi connectivity index (χ4n) is 2.01. The van der Waals surface area contributed by atoms with Crippen molar-refractivity contribution >= 4 is 39.2 Å². The number of rotatable bonds is 1. The molecule has 3 rings (SSSR count). The van der Waals surface area contributed by atoms with E-state index in [-0.39, 0.29) is 5.91 Å². The number of benzene rings is 1.